The molecule has 0 fully saturated rings. The number of hydrogen-bond donors (Lipinski definition) is 2. The largest absolute Gasteiger partial charge is 0.497 e. The van der Waals surface area contributed by atoms with E-state index in [9.17, 15) is 9.59 Å². The number of rotatable bonds is 5. The lowest BCUT2D eigenvalue weighted by Gasteiger charge is -2.28. The molecule has 6 heteroatoms. The Kier molecular flexibility index (Phi) is 4.91. The third kappa shape index (κ3) is 3.63. The highest BCUT2D eigenvalue weighted by Gasteiger charge is 2.35. The first-order valence-electron chi connectivity index (χ1n) is 6.89. The fourth-order valence-corrected chi connectivity index (χ4v) is 2.33. The van der Waals surface area contributed by atoms with Crippen molar-refractivity contribution in [3.05, 3.63) is 64.7 Å². The monoisotopic (exact) mass is 332 g/mol. The summed E-state index contributed by atoms with van der Waals surface area (Å²) in [6.07, 6.45) is 0. The highest BCUT2D eigenvalue weighted by atomic mass is 35.5. The number of carbonyl (C=O) groups excluding carboxylic acids is 2. The Morgan fingerprint density at radius 2 is 1.87 bits per heavy atom. The van der Waals surface area contributed by atoms with Crippen LogP contribution in [0, 0.1) is 0 Å². The molecule has 0 aliphatic heterocycles. The number of hydrogen-bond acceptors (Lipinski definition) is 3. The number of halogens is 1. The van der Waals surface area contributed by atoms with Gasteiger partial charge in [0.15, 0.2) is 0 Å². The molecule has 0 aromatic heterocycles. The molecule has 2 aromatic rings. The van der Waals surface area contributed by atoms with Gasteiger partial charge in [-0.25, -0.2) is 0 Å². The predicted molar refractivity (Wildman–Crippen MR) is 88.5 cm³/mol. The fraction of sp³-hybridized carbons (Fsp3) is 0.176. The molecule has 2 aromatic carbocycles. The summed E-state index contributed by atoms with van der Waals surface area (Å²) in [4.78, 5) is 24.4. The minimum absolute atomic E-state index is 0.360. The number of primary amides is 1. The van der Waals surface area contributed by atoms with Crippen molar-refractivity contribution >= 4 is 23.4 Å². The van der Waals surface area contributed by atoms with Crippen molar-refractivity contribution in [2.75, 3.05) is 7.11 Å². The summed E-state index contributed by atoms with van der Waals surface area (Å²) in [6, 6.07) is 13.3. The molecule has 0 saturated heterocycles. The molecule has 0 bridgehead atoms. The molecule has 5 nitrogen and oxygen atoms in total. The van der Waals surface area contributed by atoms with Crippen LogP contribution < -0.4 is 15.8 Å². The zero-order chi connectivity index (χ0) is 17.0. The quantitative estimate of drug-likeness (QED) is 0.882. The molecule has 0 aliphatic rings. The Balaban J connectivity index is 2.35. The van der Waals surface area contributed by atoms with Crippen molar-refractivity contribution in [2.24, 2.45) is 5.73 Å². The van der Waals surface area contributed by atoms with Crippen LogP contribution in [0.4, 0.5) is 0 Å². The number of nitrogens with two attached hydrogens (primary N) is 1. The van der Waals surface area contributed by atoms with Crippen molar-refractivity contribution in [2.45, 2.75) is 12.5 Å². The topological polar surface area (TPSA) is 81.4 Å². The van der Waals surface area contributed by atoms with Gasteiger partial charge >= 0.3 is 0 Å². The van der Waals surface area contributed by atoms with Gasteiger partial charge in [0.25, 0.3) is 5.91 Å². The zero-order valence-corrected chi connectivity index (χ0v) is 13.6. The summed E-state index contributed by atoms with van der Waals surface area (Å²) in [5, 5.41) is 3.13. The highest BCUT2D eigenvalue weighted by molar-refractivity contribution is 6.30. The first-order valence-corrected chi connectivity index (χ1v) is 7.27. The lowest BCUT2D eigenvalue weighted by molar-refractivity contribution is -0.123. The summed E-state index contributed by atoms with van der Waals surface area (Å²) < 4.78 is 5.09. The molecular weight excluding hydrogens is 316 g/mol. The minimum Gasteiger partial charge on any atom is -0.497 e. The highest BCUT2D eigenvalue weighted by Crippen LogP contribution is 2.24. The lowest BCUT2D eigenvalue weighted by atomic mass is 9.90. The molecule has 2 rings (SSSR count). The maximum atomic E-state index is 12.5. The predicted octanol–water partition coefficient (Wildman–Crippen LogP) is 2.48. The van der Waals surface area contributed by atoms with E-state index in [-0.39, 0.29) is 0 Å². The number of amides is 2. The van der Waals surface area contributed by atoms with Crippen molar-refractivity contribution in [3.8, 4) is 5.75 Å². The van der Waals surface area contributed by atoms with Crippen LogP contribution in [-0.4, -0.2) is 18.9 Å². The first-order chi connectivity index (χ1) is 10.9. The Morgan fingerprint density at radius 1 is 1.17 bits per heavy atom. The summed E-state index contributed by atoms with van der Waals surface area (Å²) in [5.41, 5.74) is 5.00. The molecule has 120 valence electrons. The van der Waals surface area contributed by atoms with Crippen LogP contribution in [-0.2, 0) is 10.3 Å². The van der Waals surface area contributed by atoms with E-state index in [4.69, 9.17) is 22.1 Å². The standard InChI is InChI=1S/C17H17ClN2O3/c1-17(16(19)22,12-6-4-7-13(18)10-12)20-15(21)11-5-3-8-14(9-11)23-2/h3-10H,1-2H3,(H2,19,22)(H,20,21). The molecule has 1 atom stereocenters. The van der Waals surface area contributed by atoms with Crippen LogP contribution >= 0.6 is 11.6 Å². The molecule has 2 amide bonds. The van der Waals surface area contributed by atoms with Gasteiger partial charge in [-0.1, -0.05) is 29.8 Å². The normalized spacial score (nSPS) is 13.0. The molecule has 0 radical (unpaired) electrons. The van der Waals surface area contributed by atoms with Gasteiger partial charge in [-0.2, -0.15) is 0 Å². The maximum absolute atomic E-state index is 12.5. The van der Waals surface area contributed by atoms with Crippen LogP contribution in [0.25, 0.3) is 0 Å². The SMILES string of the molecule is COc1cccc(C(=O)NC(C)(C(N)=O)c2cccc(Cl)c2)c1. The Morgan fingerprint density at radius 3 is 2.48 bits per heavy atom. The van der Waals surface area contributed by atoms with Crippen LogP contribution in [0.1, 0.15) is 22.8 Å². The average Bonchev–Trinajstić information content (AvgIpc) is 2.54. The summed E-state index contributed by atoms with van der Waals surface area (Å²) >= 11 is 5.97. The third-order valence-corrected chi connectivity index (χ3v) is 3.83. The van der Waals surface area contributed by atoms with Gasteiger partial charge < -0.3 is 15.8 Å². The van der Waals surface area contributed by atoms with E-state index in [2.05, 4.69) is 5.32 Å². The van der Waals surface area contributed by atoms with Gasteiger partial charge in [-0.05, 0) is 42.8 Å². The third-order valence-electron chi connectivity index (χ3n) is 3.59. The second-order valence-corrected chi connectivity index (χ2v) is 5.62. The molecule has 0 aliphatic carbocycles. The Bertz CT molecular complexity index is 748. The summed E-state index contributed by atoms with van der Waals surface area (Å²) in [5.74, 6) is -0.581. The van der Waals surface area contributed by atoms with Gasteiger partial charge in [-0.3, -0.25) is 9.59 Å². The molecular formula is C17H17ClN2O3. The van der Waals surface area contributed by atoms with Crippen LogP contribution in [0.2, 0.25) is 5.02 Å². The van der Waals surface area contributed by atoms with E-state index in [1.165, 1.54) is 7.11 Å². The van der Waals surface area contributed by atoms with Crippen LogP contribution in [0.5, 0.6) is 5.75 Å². The van der Waals surface area contributed by atoms with E-state index in [0.717, 1.165) is 0 Å². The fourth-order valence-electron chi connectivity index (χ4n) is 2.14. The number of nitrogens with one attached hydrogen (secondary N) is 1. The van der Waals surface area contributed by atoms with Gasteiger partial charge in [0.05, 0.1) is 7.11 Å². The zero-order valence-electron chi connectivity index (χ0n) is 12.8. The van der Waals surface area contributed by atoms with Crippen molar-refractivity contribution in [3.63, 3.8) is 0 Å². The number of benzene rings is 2. The van der Waals surface area contributed by atoms with E-state index in [1.807, 2.05) is 0 Å². The van der Waals surface area contributed by atoms with Gasteiger partial charge in [-0.15, -0.1) is 0 Å². The average molecular weight is 333 g/mol. The first kappa shape index (κ1) is 16.8. The van der Waals surface area contributed by atoms with Crippen molar-refractivity contribution in [1.82, 2.24) is 5.32 Å². The Labute approximate surface area is 139 Å². The smallest absolute Gasteiger partial charge is 0.252 e. The van der Waals surface area contributed by atoms with E-state index < -0.39 is 17.4 Å². The molecule has 3 N–H and O–H groups in total. The van der Waals surface area contributed by atoms with Gasteiger partial charge in [0, 0.05) is 10.6 Å². The maximum Gasteiger partial charge on any atom is 0.252 e. The molecule has 1 unspecified atom stereocenters. The molecule has 23 heavy (non-hydrogen) atoms. The van der Waals surface area contributed by atoms with E-state index in [1.54, 1.807) is 55.5 Å². The van der Waals surface area contributed by atoms with E-state index >= 15 is 0 Å². The summed E-state index contributed by atoms with van der Waals surface area (Å²) in [7, 11) is 1.51. The van der Waals surface area contributed by atoms with E-state index in [0.29, 0.717) is 21.9 Å². The molecule has 0 heterocycles. The molecule has 0 saturated carbocycles. The van der Waals surface area contributed by atoms with Crippen LogP contribution in [0.15, 0.2) is 48.5 Å². The Hall–Kier alpha value is -2.53. The number of methoxy groups -OCH3 is 1. The second-order valence-electron chi connectivity index (χ2n) is 5.19. The van der Waals surface area contributed by atoms with Crippen molar-refractivity contribution < 1.29 is 14.3 Å². The molecule has 0 spiro atoms. The minimum atomic E-state index is -1.38. The number of ether oxygens (including phenoxy) is 1. The lowest BCUT2D eigenvalue weighted by Crippen LogP contribution is -2.52. The van der Waals surface area contributed by atoms with Gasteiger partial charge in [0.1, 0.15) is 11.3 Å². The van der Waals surface area contributed by atoms with Gasteiger partial charge in [0.2, 0.25) is 5.91 Å². The van der Waals surface area contributed by atoms with Crippen molar-refractivity contribution in [1.29, 1.82) is 0 Å². The number of carbonyl (C=O) groups is 2. The second kappa shape index (κ2) is 6.71. The van der Waals surface area contributed by atoms with Crippen LogP contribution in [0.3, 0.4) is 0 Å². The summed E-state index contributed by atoms with van der Waals surface area (Å²) in [6.45, 7) is 1.54.